The van der Waals surface area contributed by atoms with Crippen molar-refractivity contribution in [3.05, 3.63) is 35.9 Å². The highest BCUT2D eigenvalue weighted by Crippen LogP contribution is 2.22. The van der Waals surface area contributed by atoms with Crippen molar-refractivity contribution in [3.63, 3.8) is 0 Å². The van der Waals surface area contributed by atoms with Crippen molar-refractivity contribution in [2.45, 2.75) is 25.2 Å². The van der Waals surface area contributed by atoms with E-state index in [0.29, 0.717) is 13.2 Å². The molecule has 1 saturated heterocycles. The third-order valence-electron chi connectivity index (χ3n) is 3.55. The van der Waals surface area contributed by atoms with Gasteiger partial charge in [0.25, 0.3) is 5.91 Å². The predicted molar refractivity (Wildman–Crippen MR) is 74.2 cm³/mol. The highest BCUT2D eigenvalue weighted by molar-refractivity contribution is 5.82. The van der Waals surface area contributed by atoms with Gasteiger partial charge in [0, 0.05) is 13.7 Å². The van der Waals surface area contributed by atoms with E-state index >= 15 is 0 Å². The van der Waals surface area contributed by atoms with Gasteiger partial charge < -0.3 is 19.5 Å². The number of methoxy groups -OCH3 is 1. The van der Waals surface area contributed by atoms with Crippen LogP contribution in [-0.4, -0.2) is 54.9 Å². The first-order valence-electron chi connectivity index (χ1n) is 6.78. The van der Waals surface area contributed by atoms with Gasteiger partial charge in [0.2, 0.25) is 0 Å². The second kappa shape index (κ2) is 6.83. The third kappa shape index (κ3) is 3.17. The minimum Gasteiger partial charge on any atom is -0.394 e. The van der Waals surface area contributed by atoms with Gasteiger partial charge in [0.05, 0.1) is 25.4 Å². The number of morpholine rings is 1. The fourth-order valence-corrected chi connectivity index (χ4v) is 2.39. The van der Waals surface area contributed by atoms with Gasteiger partial charge in [-0.05, 0) is 12.5 Å². The highest BCUT2D eigenvalue weighted by atomic mass is 16.5. The van der Waals surface area contributed by atoms with E-state index in [1.165, 1.54) is 7.11 Å². The Morgan fingerprint density at radius 1 is 1.50 bits per heavy atom. The summed E-state index contributed by atoms with van der Waals surface area (Å²) in [6, 6.07) is 9.40. The molecule has 1 amide bonds. The maximum Gasteiger partial charge on any atom is 0.256 e. The van der Waals surface area contributed by atoms with Gasteiger partial charge in [-0.2, -0.15) is 0 Å². The topological polar surface area (TPSA) is 59.0 Å². The quantitative estimate of drug-likeness (QED) is 0.892. The average molecular weight is 279 g/mol. The monoisotopic (exact) mass is 279 g/mol. The van der Waals surface area contributed by atoms with Crippen molar-refractivity contribution in [1.82, 2.24) is 4.90 Å². The number of ether oxygens (including phenoxy) is 2. The van der Waals surface area contributed by atoms with Crippen molar-refractivity contribution >= 4 is 5.91 Å². The summed E-state index contributed by atoms with van der Waals surface area (Å²) >= 11 is 0. The van der Waals surface area contributed by atoms with Crippen LogP contribution >= 0.6 is 0 Å². The summed E-state index contributed by atoms with van der Waals surface area (Å²) in [6.07, 6.45) is -0.931. The van der Waals surface area contributed by atoms with Crippen LogP contribution in [0.1, 0.15) is 18.6 Å². The van der Waals surface area contributed by atoms with Gasteiger partial charge in [-0.25, -0.2) is 0 Å². The van der Waals surface area contributed by atoms with Crippen LogP contribution in [0.3, 0.4) is 0 Å². The Labute approximate surface area is 119 Å². The lowest BCUT2D eigenvalue weighted by atomic mass is 10.1. The molecule has 1 fully saturated rings. The molecule has 0 unspecified atom stereocenters. The molecule has 2 rings (SSSR count). The normalized spacial score (nSPS) is 24.4. The predicted octanol–water partition coefficient (Wildman–Crippen LogP) is 0.982. The Morgan fingerprint density at radius 2 is 2.20 bits per heavy atom. The molecule has 1 aromatic rings. The Morgan fingerprint density at radius 3 is 2.80 bits per heavy atom. The van der Waals surface area contributed by atoms with E-state index in [0.717, 1.165) is 5.56 Å². The molecule has 1 aliphatic heterocycles. The number of hydrogen-bond donors (Lipinski definition) is 1. The number of hydrogen-bond acceptors (Lipinski definition) is 4. The molecule has 0 aromatic heterocycles. The van der Waals surface area contributed by atoms with E-state index in [4.69, 9.17) is 9.47 Å². The Bertz CT molecular complexity index is 437. The van der Waals surface area contributed by atoms with Crippen LogP contribution in [0.15, 0.2) is 30.3 Å². The standard InChI is InChI=1S/C15H21NO4/c1-11-10-20-13(9-17)8-16(11)15(18)14(19-2)12-6-4-3-5-7-12/h3-7,11,13-14,17H,8-10H2,1-2H3/t11-,13-,14-/m1/s1. The number of carbonyl (C=O) groups excluding carboxylic acids is 1. The van der Waals surface area contributed by atoms with E-state index in [1.807, 2.05) is 37.3 Å². The summed E-state index contributed by atoms with van der Waals surface area (Å²) in [5.74, 6) is -0.0899. The van der Waals surface area contributed by atoms with E-state index in [-0.39, 0.29) is 24.7 Å². The minimum atomic E-state index is -0.615. The summed E-state index contributed by atoms with van der Waals surface area (Å²) in [4.78, 5) is 14.4. The Balaban J connectivity index is 2.15. The third-order valence-corrected chi connectivity index (χ3v) is 3.55. The zero-order chi connectivity index (χ0) is 14.5. The zero-order valence-electron chi connectivity index (χ0n) is 11.9. The highest BCUT2D eigenvalue weighted by Gasteiger charge is 2.33. The van der Waals surface area contributed by atoms with Crippen molar-refractivity contribution < 1.29 is 19.4 Å². The second-order valence-corrected chi connectivity index (χ2v) is 5.00. The van der Waals surface area contributed by atoms with E-state index < -0.39 is 6.10 Å². The van der Waals surface area contributed by atoms with Crippen LogP contribution in [0.5, 0.6) is 0 Å². The lowest BCUT2D eigenvalue weighted by molar-refractivity contribution is -0.156. The van der Waals surface area contributed by atoms with Crippen LogP contribution in [0.4, 0.5) is 0 Å². The maximum absolute atomic E-state index is 12.7. The molecule has 0 bridgehead atoms. The summed E-state index contributed by atoms with van der Waals surface area (Å²) in [5.41, 5.74) is 0.833. The lowest BCUT2D eigenvalue weighted by Crippen LogP contribution is -2.53. The Hall–Kier alpha value is -1.43. The molecule has 1 aromatic carbocycles. The molecule has 1 N–H and O–H groups in total. The fraction of sp³-hybridized carbons (Fsp3) is 0.533. The van der Waals surface area contributed by atoms with E-state index in [1.54, 1.807) is 4.90 Å². The summed E-state index contributed by atoms with van der Waals surface area (Å²) < 4.78 is 10.8. The second-order valence-electron chi connectivity index (χ2n) is 5.00. The molecule has 1 aliphatic rings. The zero-order valence-corrected chi connectivity index (χ0v) is 11.9. The number of benzene rings is 1. The number of aliphatic hydroxyl groups excluding tert-OH is 1. The molecule has 1 heterocycles. The molecule has 5 nitrogen and oxygen atoms in total. The van der Waals surface area contributed by atoms with E-state index in [2.05, 4.69) is 0 Å². The number of amides is 1. The summed E-state index contributed by atoms with van der Waals surface area (Å²) in [7, 11) is 1.53. The number of carbonyl (C=O) groups is 1. The molecule has 3 atom stereocenters. The van der Waals surface area contributed by atoms with Crippen molar-refractivity contribution in [3.8, 4) is 0 Å². The SMILES string of the molecule is CO[C@@H](C(=O)N1C[C@H](CO)OC[C@H]1C)c1ccccc1. The van der Waals surface area contributed by atoms with Crippen LogP contribution < -0.4 is 0 Å². The molecule has 20 heavy (non-hydrogen) atoms. The van der Waals surface area contributed by atoms with Crippen LogP contribution in [-0.2, 0) is 14.3 Å². The first-order chi connectivity index (χ1) is 9.67. The Kier molecular flexibility index (Phi) is 5.11. The number of aliphatic hydroxyl groups is 1. The van der Waals surface area contributed by atoms with Crippen LogP contribution in [0.2, 0.25) is 0 Å². The first-order valence-corrected chi connectivity index (χ1v) is 6.78. The van der Waals surface area contributed by atoms with Gasteiger partial charge in [-0.3, -0.25) is 4.79 Å². The first kappa shape index (κ1) is 15.0. The molecular weight excluding hydrogens is 258 g/mol. The van der Waals surface area contributed by atoms with Gasteiger partial charge in [-0.15, -0.1) is 0 Å². The van der Waals surface area contributed by atoms with Crippen LogP contribution in [0.25, 0.3) is 0 Å². The molecule has 5 heteroatoms. The molecule has 0 aliphatic carbocycles. The fourth-order valence-electron chi connectivity index (χ4n) is 2.39. The molecule has 0 spiro atoms. The molecule has 0 radical (unpaired) electrons. The van der Waals surface area contributed by atoms with Gasteiger partial charge in [0.15, 0.2) is 6.10 Å². The van der Waals surface area contributed by atoms with Gasteiger partial charge in [-0.1, -0.05) is 30.3 Å². The number of rotatable bonds is 4. The van der Waals surface area contributed by atoms with E-state index in [9.17, 15) is 9.90 Å². The lowest BCUT2D eigenvalue weighted by Gasteiger charge is -2.39. The maximum atomic E-state index is 12.7. The largest absolute Gasteiger partial charge is 0.394 e. The van der Waals surface area contributed by atoms with Crippen molar-refractivity contribution in [2.75, 3.05) is 26.9 Å². The number of nitrogens with zero attached hydrogens (tertiary/aromatic N) is 1. The molecular formula is C15H21NO4. The summed E-state index contributed by atoms with van der Waals surface area (Å²) in [5, 5.41) is 9.20. The summed E-state index contributed by atoms with van der Waals surface area (Å²) in [6.45, 7) is 2.67. The smallest absolute Gasteiger partial charge is 0.256 e. The molecule has 0 saturated carbocycles. The van der Waals surface area contributed by atoms with Crippen LogP contribution in [0, 0.1) is 0 Å². The molecule has 110 valence electrons. The van der Waals surface area contributed by atoms with Crippen molar-refractivity contribution in [1.29, 1.82) is 0 Å². The average Bonchev–Trinajstić information content (AvgIpc) is 2.49. The van der Waals surface area contributed by atoms with Gasteiger partial charge in [0.1, 0.15) is 0 Å². The van der Waals surface area contributed by atoms with Gasteiger partial charge >= 0.3 is 0 Å². The van der Waals surface area contributed by atoms with Crippen molar-refractivity contribution in [2.24, 2.45) is 0 Å². The minimum absolute atomic E-state index is 0.0216.